The van der Waals surface area contributed by atoms with Crippen LogP contribution < -0.4 is 14.8 Å². The number of benzene rings is 2. The van der Waals surface area contributed by atoms with Crippen molar-refractivity contribution in [1.82, 2.24) is 10.2 Å². The lowest BCUT2D eigenvalue weighted by Crippen LogP contribution is -2.45. The predicted octanol–water partition coefficient (Wildman–Crippen LogP) is 3.02. The van der Waals surface area contributed by atoms with E-state index < -0.39 is 0 Å². The zero-order valence-corrected chi connectivity index (χ0v) is 16.6. The van der Waals surface area contributed by atoms with Crippen molar-refractivity contribution < 1.29 is 14.6 Å². The molecule has 0 bridgehead atoms. The predicted molar refractivity (Wildman–Crippen MR) is 110 cm³/mol. The molecule has 1 saturated heterocycles. The van der Waals surface area contributed by atoms with Crippen molar-refractivity contribution in [2.45, 2.75) is 19.1 Å². The summed E-state index contributed by atoms with van der Waals surface area (Å²) in [6.07, 6.45) is 0.713. The number of hydrogen-bond donors (Lipinski definition) is 2. The fourth-order valence-electron chi connectivity index (χ4n) is 3.42. The van der Waals surface area contributed by atoms with Gasteiger partial charge in [0.2, 0.25) is 0 Å². The molecular weight excluding hydrogens is 364 g/mol. The van der Waals surface area contributed by atoms with E-state index in [-0.39, 0.29) is 25.1 Å². The Morgan fingerprint density at radius 2 is 1.81 bits per heavy atom. The molecule has 1 atom stereocenters. The molecule has 0 unspecified atom stereocenters. The highest BCUT2D eigenvalue weighted by Gasteiger charge is 2.23. The third kappa shape index (κ3) is 5.84. The standard InChI is InChI=1S/C21H28N2O3.ClH/c1-25-20-8-7-18(19(9-14-24)23-12-10-22-11-13-23)15-21(20)26-16-17-5-3-2-4-6-17;/h2-8,15,19,22,24H,9-14,16H2,1H3;1H/t19-;/m0./s1. The second-order valence-corrected chi connectivity index (χ2v) is 6.50. The molecule has 1 fully saturated rings. The molecule has 27 heavy (non-hydrogen) atoms. The van der Waals surface area contributed by atoms with Gasteiger partial charge in [0.05, 0.1) is 7.11 Å². The third-order valence-corrected chi connectivity index (χ3v) is 4.80. The van der Waals surface area contributed by atoms with Gasteiger partial charge in [0.1, 0.15) is 6.61 Å². The summed E-state index contributed by atoms with van der Waals surface area (Å²) in [4.78, 5) is 2.43. The van der Waals surface area contributed by atoms with E-state index in [2.05, 4.69) is 22.3 Å². The fourth-order valence-corrected chi connectivity index (χ4v) is 3.42. The van der Waals surface area contributed by atoms with E-state index in [9.17, 15) is 5.11 Å². The van der Waals surface area contributed by atoms with Crippen LogP contribution in [0.25, 0.3) is 0 Å². The minimum Gasteiger partial charge on any atom is -0.493 e. The molecule has 2 aromatic rings. The highest BCUT2D eigenvalue weighted by molar-refractivity contribution is 5.85. The van der Waals surface area contributed by atoms with Gasteiger partial charge in [-0.05, 0) is 29.7 Å². The highest BCUT2D eigenvalue weighted by atomic mass is 35.5. The van der Waals surface area contributed by atoms with Crippen LogP contribution in [0.4, 0.5) is 0 Å². The van der Waals surface area contributed by atoms with E-state index in [4.69, 9.17) is 9.47 Å². The van der Waals surface area contributed by atoms with Gasteiger partial charge < -0.3 is 19.9 Å². The number of aliphatic hydroxyl groups excluding tert-OH is 1. The second kappa shape index (κ2) is 11.1. The molecule has 0 aliphatic carbocycles. The summed E-state index contributed by atoms with van der Waals surface area (Å²) in [6, 6.07) is 16.4. The first-order valence-electron chi connectivity index (χ1n) is 9.22. The molecular formula is C21H29ClN2O3. The number of piperazine rings is 1. The summed E-state index contributed by atoms with van der Waals surface area (Å²) in [5, 5.41) is 12.9. The van der Waals surface area contributed by atoms with Gasteiger partial charge in [-0.15, -0.1) is 12.4 Å². The SMILES string of the molecule is COc1ccc([C@H](CCO)N2CCNCC2)cc1OCc1ccccc1.Cl. The topological polar surface area (TPSA) is 54.0 Å². The first-order valence-corrected chi connectivity index (χ1v) is 9.22. The average Bonchev–Trinajstić information content (AvgIpc) is 2.71. The first kappa shape index (κ1) is 21.5. The van der Waals surface area contributed by atoms with Gasteiger partial charge in [-0.3, -0.25) is 4.90 Å². The first-order chi connectivity index (χ1) is 12.8. The molecule has 2 N–H and O–H groups in total. The number of hydrogen-bond acceptors (Lipinski definition) is 5. The van der Waals surface area contributed by atoms with Crippen molar-refractivity contribution in [1.29, 1.82) is 0 Å². The van der Waals surface area contributed by atoms with E-state index in [1.54, 1.807) is 7.11 Å². The summed E-state index contributed by atoms with van der Waals surface area (Å²) in [5.41, 5.74) is 2.28. The maximum absolute atomic E-state index is 9.55. The Morgan fingerprint density at radius 3 is 2.48 bits per heavy atom. The molecule has 0 spiro atoms. The number of aliphatic hydroxyl groups is 1. The Balaban J connectivity index is 0.00000261. The second-order valence-electron chi connectivity index (χ2n) is 6.50. The molecule has 0 aromatic heterocycles. The summed E-state index contributed by atoms with van der Waals surface area (Å²) < 4.78 is 11.5. The van der Waals surface area contributed by atoms with Gasteiger partial charge in [0.15, 0.2) is 11.5 Å². The largest absolute Gasteiger partial charge is 0.493 e. The van der Waals surface area contributed by atoms with E-state index >= 15 is 0 Å². The van der Waals surface area contributed by atoms with Crippen LogP contribution in [0, 0.1) is 0 Å². The van der Waals surface area contributed by atoms with Crippen molar-refractivity contribution in [3.05, 3.63) is 59.7 Å². The number of ether oxygens (including phenoxy) is 2. The molecule has 1 aliphatic rings. The van der Waals surface area contributed by atoms with Crippen LogP contribution in [-0.2, 0) is 6.61 Å². The average molecular weight is 393 g/mol. The van der Waals surface area contributed by atoms with Crippen LogP contribution >= 0.6 is 12.4 Å². The van der Waals surface area contributed by atoms with Gasteiger partial charge in [0, 0.05) is 38.8 Å². The van der Waals surface area contributed by atoms with Gasteiger partial charge in [-0.25, -0.2) is 0 Å². The molecule has 3 rings (SSSR count). The van der Waals surface area contributed by atoms with Crippen LogP contribution in [0.15, 0.2) is 48.5 Å². The zero-order valence-electron chi connectivity index (χ0n) is 15.8. The minimum atomic E-state index is 0. The molecule has 148 valence electrons. The lowest BCUT2D eigenvalue weighted by atomic mass is 10.0. The lowest BCUT2D eigenvalue weighted by Gasteiger charge is -2.35. The minimum absolute atomic E-state index is 0. The Hall–Kier alpha value is -1.79. The highest BCUT2D eigenvalue weighted by Crippen LogP contribution is 2.34. The third-order valence-electron chi connectivity index (χ3n) is 4.80. The number of nitrogens with zero attached hydrogens (tertiary/aromatic N) is 1. The Morgan fingerprint density at radius 1 is 1.07 bits per heavy atom. The van der Waals surface area contributed by atoms with Crippen LogP contribution in [0.5, 0.6) is 11.5 Å². The number of nitrogens with one attached hydrogen (secondary N) is 1. The number of rotatable bonds is 8. The molecule has 0 saturated carbocycles. The molecule has 0 amide bonds. The van der Waals surface area contributed by atoms with Crippen molar-refractivity contribution in [2.24, 2.45) is 0 Å². The Kier molecular flexibility index (Phi) is 8.88. The van der Waals surface area contributed by atoms with Gasteiger partial charge in [-0.2, -0.15) is 0 Å². The van der Waals surface area contributed by atoms with Crippen LogP contribution in [0.2, 0.25) is 0 Å². The Bertz CT molecular complexity index is 678. The van der Waals surface area contributed by atoms with Crippen LogP contribution in [0.3, 0.4) is 0 Å². The number of halogens is 1. The molecule has 2 aromatic carbocycles. The zero-order chi connectivity index (χ0) is 18.2. The number of methoxy groups -OCH3 is 1. The van der Waals surface area contributed by atoms with Crippen molar-refractivity contribution in [3.8, 4) is 11.5 Å². The van der Waals surface area contributed by atoms with Gasteiger partial charge in [-0.1, -0.05) is 36.4 Å². The molecule has 5 nitrogen and oxygen atoms in total. The van der Waals surface area contributed by atoms with E-state index in [1.165, 1.54) is 0 Å². The van der Waals surface area contributed by atoms with Gasteiger partial charge in [0.25, 0.3) is 0 Å². The van der Waals surface area contributed by atoms with Gasteiger partial charge >= 0.3 is 0 Å². The van der Waals surface area contributed by atoms with E-state index in [0.717, 1.165) is 48.8 Å². The smallest absolute Gasteiger partial charge is 0.161 e. The summed E-state index contributed by atoms with van der Waals surface area (Å²) in [5.74, 6) is 1.47. The maximum Gasteiger partial charge on any atom is 0.161 e. The summed E-state index contributed by atoms with van der Waals surface area (Å²) in [7, 11) is 1.66. The van der Waals surface area contributed by atoms with Crippen LogP contribution in [0.1, 0.15) is 23.6 Å². The summed E-state index contributed by atoms with van der Waals surface area (Å²) >= 11 is 0. The van der Waals surface area contributed by atoms with Crippen molar-refractivity contribution in [2.75, 3.05) is 39.9 Å². The van der Waals surface area contributed by atoms with E-state index in [0.29, 0.717) is 13.0 Å². The fraction of sp³-hybridized carbons (Fsp3) is 0.429. The van der Waals surface area contributed by atoms with E-state index in [1.807, 2.05) is 36.4 Å². The normalized spacial score (nSPS) is 15.6. The van der Waals surface area contributed by atoms with Crippen molar-refractivity contribution >= 4 is 12.4 Å². The van der Waals surface area contributed by atoms with Crippen LogP contribution in [-0.4, -0.2) is 49.9 Å². The molecule has 1 heterocycles. The summed E-state index contributed by atoms with van der Waals surface area (Å²) in [6.45, 7) is 4.60. The quantitative estimate of drug-likeness (QED) is 0.723. The maximum atomic E-state index is 9.55. The lowest BCUT2D eigenvalue weighted by molar-refractivity contribution is 0.140. The molecule has 6 heteroatoms. The monoisotopic (exact) mass is 392 g/mol. The molecule has 0 radical (unpaired) electrons. The van der Waals surface area contributed by atoms with Crippen molar-refractivity contribution in [3.63, 3.8) is 0 Å². The molecule has 1 aliphatic heterocycles. The Labute approximate surface area is 167 Å².